The van der Waals surface area contributed by atoms with Crippen molar-refractivity contribution in [2.24, 2.45) is 4.74 Å². The van der Waals surface area contributed by atoms with Crippen LogP contribution in [0, 0.1) is 0 Å². The monoisotopic (exact) mass is 327 g/mol. The van der Waals surface area contributed by atoms with E-state index < -0.39 is 7.21 Å². The molecule has 0 saturated carbocycles. The average Bonchev–Trinajstić information content (AvgIpc) is 3.08. The lowest BCUT2D eigenvalue weighted by Gasteiger charge is -2.43. The first-order valence-electron chi connectivity index (χ1n) is 8.37. The maximum Gasteiger partial charge on any atom is 0.0720 e. The van der Waals surface area contributed by atoms with E-state index in [-0.39, 0.29) is 5.16 Å². The predicted molar refractivity (Wildman–Crippen MR) is 99.9 cm³/mol. The lowest BCUT2D eigenvalue weighted by atomic mass is 10.3. The predicted octanol–water partition coefficient (Wildman–Crippen LogP) is 5.05. The third-order valence-electron chi connectivity index (χ3n) is 4.47. The topological polar surface area (TPSA) is 28.5 Å². The summed E-state index contributed by atoms with van der Waals surface area (Å²) in [6.45, 7) is 9.30. The highest BCUT2D eigenvalue weighted by Gasteiger charge is 2.41. The average molecular weight is 327 g/mol. The van der Waals surface area contributed by atoms with Crippen molar-refractivity contribution in [3.8, 4) is 0 Å². The van der Waals surface area contributed by atoms with Crippen LogP contribution in [-0.2, 0) is 0 Å². The number of pyridine rings is 1. The zero-order valence-corrected chi connectivity index (χ0v) is 15.2. The molecule has 0 aliphatic carbocycles. The van der Waals surface area contributed by atoms with Gasteiger partial charge in [-0.25, -0.2) is 4.74 Å². The van der Waals surface area contributed by atoms with Gasteiger partial charge < -0.3 is 0 Å². The van der Waals surface area contributed by atoms with Crippen molar-refractivity contribution in [3.63, 3.8) is 0 Å². The third kappa shape index (κ3) is 3.13. The normalized spacial score (nSPS) is 18.6. The Hall–Kier alpha value is -1.44. The summed E-state index contributed by atoms with van der Waals surface area (Å²) in [6, 6.07) is 14.8. The van der Waals surface area contributed by atoms with Crippen LogP contribution >= 0.6 is 7.21 Å². The molecular weight excluding hydrogens is 301 g/mol. The Labute approximate surface area is 139 Å². The van der Waals surface area contributed by atoms with Gasteiger partial charge >= 0.3 is 0 Å². The highest BCUT2D eigenvalue weighted by atomic mass is 31.2. The molecule has 0 N–H and O–H groups in total. The van der Waals surface area contributed by atoms with E-state index in [1.807, 2.05) is 12.4 Å². The minimum atomic E-state index is -1.88. The van der Waals surface area contributed by atoms with Crippen LogP contribution in [0.15, 0.2) is 59.6 Å². The maximum absolute atomic E-state index is 5.42. The molecule has 1 aromatic carbocycles. The number of hydrogen-bond acceptors (Lipinski definition) is 2. The Kier molecular flexibility index (Phi) is 4.70. The van der Waals surface area contributed by atoms with E-state index >= 15 is 0 Å². The molecule has 0 unspecified atom stereocenters. The molecule has 1 aliphatic rings. The van der Waals surface area contributed by atoms with E-state index in [4.69, 9.17) is 4.74 Å². The van der Waals surface area contributed by atoms with Crippen LogP contribution in [-0.4, -0.2) is 27.9 Å². The molecule has 2 aromatic rings. The molecule has 0 spiro atoms. The van der Waals surface area contributed by atoms with E-state index in [0.717, 1.165) is 18.8 Å². The van der Waals surface area contributed by atoms with Crippen LogP contribution in [0.3, 0.4) is 0 Å². The molecule has 1 saturated heterocycles. The number of hydrogen-bond donors (Lipinski definition) is 0. The van der Waals surface area contributed by atoms with Crippen LogP contribution in [0.2, 0.25) is 0 Å². The number of nitrogens with zero attached hydrogens (tertiary/aromatic N) is 3. The molecule has 122 valence electrons. The van der Waals surface area contributed by atoms with Crippen molar-refractivity contribution in [2.75, 3.05) is 13.1 Å². The fraction of sp³-hybridized carbons (Fsp3) is 0.421. The zero-order chi connectivity index (χ0) is 16.3. The highest BCUT2D eigenvalue weighted by Crippen LogP contribution is 2.64. The molecule has 3 rings (SSSR count). The van der Waals surface area contributed by atoms with Gasteiger partial charge in [-0.3, -0.25) is 9.65 Å². The second-order valence-corrected chi connectivity index (χ2v) is 10.9. The maximum atomic E-state index is 5.42. The van der Waals surface area contributed by atoms with Gasteiger partial charge in [0.1, 0.15) is 0 Å². The molecule has 1 aliphatic heterocycles. The van der Waals surface area contributed by atoms with Crippen LogP contribution in [0.1, 0.15) is 33.6 Å². The van der Waals surface area contributed by atoms with E-state index in [0.29, 0.717) is 0 Å². The van der Waals surface area contributed by atoms with E-state index in [2.05, 4.69) is 72.9 Å². The molecule has 1 fully saturated rings. The summed E-state index contributed by atoms with van der Waals surface area (Å²) in [7, 11) is -1.88. The second kappa shape index (κ2) is 6.59. The Balaban J connectivity index is 2.28. The quantitative estimate of drug-likeness (QED) is 0.738. The van der Waals surface area contributed by atoms with Gasteiger partial charge in [0.15, 0.2) is 0 Å². The lowest BCUT2D eigenvalue weighted by molar-refractivity contribution is 0.538. The first-order chi connectivity index (χ1) is 11.0. The Morgan fingerprint density at radius 1 is 0.957 bits per heavy atom. The first-order valence-corrected chi connectivity index (χ1v) is 10.1. The molecule has 0 amide bonds. The van der Waals surface area contributed by atoms with Crippen molar-refractivity contribution in [3.05, 3.63) is 54.9 Å². The summed E-state index contributed by atoms with van der Waals surface area (Å²) in [4.78, 5) is 4.23. The first kappa shape index (κ1) is 16.4. The summed E-state index contributed by atoms with van der Waals surface area (Å²) in [5.41, 5.74) is 1.08. The van der Waals surface area contributed by atoms with Crippen molar-refractivity contribution >= 4 is 18.2 Å². The summed E-state index contributed by atoms with van der Waals surface area (Å²) < 4.78 is 8.08. The lowest BCUT2D eigenvalue weighted by Crippen LogP contribution is -2.35. The third-order valence-corrected chi connectivity index (χ3v) is 9.09. The Bertz CT molecular complexity index is 684. The Morgan fingerprint density at radius 2 is 1.57 bits per heavy atom. The minimum Gasteiger partial charge on any atom is -0.265 e. The SMILES string of the molecule is CC(C)(C)[P@@](=Nc1ccccc1)(c1ccncc1)N1CCCC1. The van der Waals surface area contributed by atoms with Gasteiger partial charge in [0.25, 0.3) is 0 Å². The van der Waals surface area contributed by atoms with Gasteiger partial charge in [-0.15, -0.1) is 0 Å². The Morgan fingerprint density at radius 3 is 2.13 bits per heavy atom. The van der Waals surface area contributed by atoms with Crippen LogP contribution in [0.25, 0.3) is 0 Å². The summed E-state index contributed by atoms with van der Waals surface area (Å²) in [5, 5.41) is 1.42. The highest BCUT2D eigenvalue weighted by molar-refractivity contribution is 7.73. The fourth-order valence-corrected chi connectivity index (χ4v) is 7.82. The van der Waals surface area contributed by atoms with Crippen molar-refractivity contribution in [1.29, 1.82) is 0 Å². The molecule has 0 bridgehead atoms. The van der Waals surface area contributed by atoms with Crippen molar-refractivity contribution in [1.82, 2.24) is 9.65 Å². The van der Waals surface area contributed by atoms with Crippen LogP contribution in [0.5, 0.6) is 0 Å². The molecule has 1 aromatic heterocycles. The summed E-state index contributed by atoms with van der Waals surface area (Å²) in [5.74, 6) is 0. The number of rotatable bonds is 3. The summed E-state index contributed by atoms with van der Waals surface area (Å²) >= 11 is 0. The smallest absolute Gasteiger partial charge is 0.0720 e. The van der Waals surface area contributed by atoms with Gasteiger partial charge in [-0.2, -0.15) is 0 Å². The van der Waals surface area contributed by atoms with Gasteiger partial charge in [-0.05, 0) is 37.1 Å². The standard InChI is InChI=1S/C19H26N3P/c1-19(2,3)23(22-15-7-8-16-22,18-11-13-20-14-12-18)21-17-9-5-4-6-10-17/h4-6,9-14H,7-8,15-16H2,1-3H3/t23-/m1/s1. The van der Waals surface area contributed by atoms with E-state index in [1.165, 1.54) is 18.1 Å². The van der Waals surface area contributed by atoms with Crippen molar-refractivity contribution < 1.29 is 0 Å². The molecule has 0 radical (unpaired) electrons. The van der Waals surface area contributed by atoms with Gasteiger partial charge in [-0.1, -0.05) is 39.0 Å². The number of benzene rings is 1. The minimum absolute atomic E-state index is 0.0779. The second-order valence-electron chi connectivity index (χ2n) is 7.07. The van der Waals surface area contributed by atoms with Crippen LogP contribution in [0.4, 0.5) is 5.69 Å². The largest absolute Gasteiger partial charge is 0.265 e. The summed E-state index contributed by atoms with van der Waals surface area (Å²) in [6.07, 6.45) is 6.36. The van der Waals surface area contributed by atoms with E-state index in [1.54, 1.807) is 0 Å². The molecule has 1 atom stereocenters. The molecule has 23 heavy (non-hydrogen) atoms. The van der Waals surface area contributed by atoms with E-state index in [9.17, 15) is 0 Å². The molecule has 2 heterocycles. The van der Waals surface area contributed by atoms with Crippen LogP contribution < -0.4 is 5.30 Å². The zero-order valence-electron chi connectivity index (χ0n) is 14.3. The van der Waals surface area contributed by atoms with Gasteiger partial charge in [0.05, 0.1) is 12.9 Å². The fourth-order valence-electron chi connectivity index (χ4n) is 3.45. The van der Waals surface area contributed by atoms with Gasteiger partial charge in [0, 0.05) is 35.9 Å². The molecule has 3 nitrogen and oxygen atoms in total. The molecule has 4 heteroatoms. The number of aromatic nitrogens is 1. The van der Waals surface area contributed by atoms with Crippen molar-refractivity contribution in [2.45, 2.75) is 38.8 Å². The molecular formula is C19H26N3P. The van der Waals surface area contributed by atoms with Gasteiger partial charge in [0.2, 0.25) is 0 Å².